The van der Waals surface area contributed by atoms with Crippen LogP contribution in [0.5, 0.6) is 0 Å². The summed E-state index contributed by atoms with van der Waals surface area (Å²) >= 11 is 6.04. The highest BCUT2D eigenvalue weighted by Gasteiger charge is 2.17. The Morgan fingerprint density at radius 2 is 1.85 bits per heavy atom. The van der Waals surface area contributed by atoms with Crippen LogP contribution in [0.15, 0.2) is 36.4 Å². The SMILES string of the molecule is N=C(CNCC1CCCNC1)c1ccc(N2CCCCCC2)nc1NCc1ccc(Cl)cc1. The number of anilines is 2. The monoisotopic (exact) mass is 468 g/mol. The van der Waals surface area contributed by atoms with Crippen molar-refractivity contribution in [1.29, 1.82) is 5.41 Å². The second-order valence-corrected chi connectivity index (χ2v) is 9.71. The van der Waals surface area contributed by atoms with E-state index in [1.807, 2.05) is 24.3 Å². The maximum Gasteiger partial charge on any atom is 0.137 e. The molecule has 0 amide bonds. The molecule has 7 heteroatoms. The molecule has 3 heterocycles. The largest absolute Gasteiger partial charge is 0.365 e. The average Bonchev–Trinajstić information content (AvgIpc) is 3.14. The molecule has 0 radical (unpaired) electrons. The Kier molecular flexibility index (Phi) is 8.98. The zero-order valence-corrected chi connectivity index (χ0v) is 20.3. The fourth-order valence-electron chi connectivity index (χ4n) is 4.69. The normalized spacial score (nSPS) is 19.2. The van der Waals surface area contributed by atoms with Gasteiger partial charge in [0.05, 0.1) is 5.71 Å². The van der Waals surface area contributed by atoms with E-state index in [1.54, 1.807) is 0 Å². The Bertz CT molecular complexity index is 886. The highest BCUT2D eigenvalue weighted by Crippen LogP contribution is 2.23. The minimum atomic E-state index is 0.552. The van der Waals surface area contributed by atoms with Crippen LogP contribution in [0.4, 0.5) is 11.6 Å². The van der Waals surface area contributed by atoms with Crippen molar-refractivity contribution in [3.05, 3.63) is 52.5 Å². The van der Waals surface area contributed by atoms with Crippen molar-refractivity contribution < 1.29 is 0 Å². The fourth-order valence-corrected chi connectivity index (χ4v) is 4.81. The average molecular weight is 469 g/mol. The molecule has 2 aliphatic heterocycles. The van der Waals surface area contributed by atoms with Crippen molar-refractivity contribution in [2.75, 3.05) is 49.5 Å². The molecular formula is C26H37ClN6. The van der Waals surface area contributed by atoms with E-state index in [0.29, 0.717) is 24.7 Å². The fraction of sp³-hybridized carbons (Fsp3) is 0.538. The summed E-state index contributed by atoms with van der Waals surface area (Å²) in [5, 5.41) is 20.0. The van der Waals surface area contributed by atoms with E-state index >= 15 is 0 Å². The number of halogens is 1. The van der Waals surface area contributed by atoms with E-state index < -0.39 is 0 Å². The first-order valence-electron chi connectivity index (χ1n) is 12.4. The number of pyridine rings is 1. The minimum absolute atomic E-state index is 0.552. The van der Waals surface area contributed by atoms with Gasteiger partial charge in [-0.2, -0.15) is 0 Å². The summed E-state index contributed by atoms with van der Waals surface area (Å²) in [6, 6.07) is 12.0. The Labute approximate surface area is 203 Å². The Morgan fingerprint density at radius 3 is 2.58 bits per heavy atom. The highest BCUT2D eigenvalue weighted by atomic mass is 35.5. The maximum absolute atomic E-state index is 8.76. The summed E-state index contributed by atoms with van der Waals surface area (Å²) in [4.78, 5) is 7.39. The van der Waals surface area contributed by atoms with Gasteiger partial charge in [0.2, 0.25) is 0 Å². The molecule has 2 fully saturated rings. The van der Waals surface area contributed by atoms with Gasteiger partial charge < -0.3 is 26.3 Å². The Morgan fingerprint density at radius 1 is 1.06 bits per heavy atom. The molecule has 0 aliphatic carbocycles. The predicted octanol–water partition coefficient (Wildman–Crippen LogP) is 4.68. The second-order valence-electron chi connectivity index (χ2n) is 9.27. The summed E-state index contributed by atoms with van der Waals surface area (Å²) in [5.41, 5.74) is 2.59. The van der Waals surface area contributed by atoms with Gasteiger partial charge in [-0.1, -0.05) is 36.6 Å². The van der Waals surface area contributed by atoms with E-state index in [2.05, 4.69) is 33.0 Å². The number of nitrogens with one attached hydrogen (secondary N) is 4. The molecule has 2 aliphatic rings. The lowest BCUT2D eigenvalue weighted by Crippen LogP contribution is -2.37. The lowest BCUT2D eigenvalue weighted by atomic mass is 9.99. The lowest BCUT2D eigenvalue weighted by molar-refractivity contribution is 0.366. The van der Waals surface area contributed by atoms with Crippen molar-refractivity contribution in [3.63, 3.8) is 0 Å². The summed E-state index contributed by atoms with van der Waals surface area (Å²) in [6.07, 6.45) is 7.52. The number of aromatic nitrogens is 1. The van der Waals surface area contributed by atoms with Crippen molar-refractivity contribution in [3.8, 4) is 0 Å². The molecule has 1 aromatic heterocycles. The van der Waals surface area contributed by atoms with E-state index in [9.17, 15) is 0 Å². The van der Waals surface area contributed by atoms with Crippen molar-refractivity contribution in [2.45, 2.75) is 45.1 Å². The zero-order valence-electron chi connectivity index (χ0n) is 19.5. The molecule has 1 atom stereocenters. The van der Waals surface area contributed by atoms with Crippen LogP contribution < -0.4 is 20.9 Å². The predicted molar refractivity (Wildman–Crippen MR) is 139 cm³/mol. The van der Waals surface area contributed by atoms with Crippen LogP contribution in [0.1, 0.15) is 49.7 Å². The van der Waals surface area contributed by atoms with Gasteiger partial charge in [-0.3, -0.25) is 0 Å². The standard InChI is InChI=1S/C26H37ClN6/c27-22-9-7-20(8-10-22)18-31-26-23(24(28)19-30-17-21-6-5-13-29-16-21)11-12-25(32-26)33-14-3-1-2-4-15-33/h7-12,21,28-30H,1-6,13-19H2,(H,31,32). The smallest absolute Gasteiger partial charge is 0.137 e. The molecule has 4 rings (SSSR count). The van der Waals surface area contributed by atoms with Crippen LogP contribution in [0.2, 0.25) is 5.02 Å². The highest BCUT2D eigenvalue weighted by molar-refractivity contribution is 6.30. The molecule has 4 N–H and O–H groups in total. The first kappa shape index (κ1) is 24.0. The van der Waals surface area contributed by atoms with Gasteiger partial charge in [-0.15, -0.1) is 0 Å². The molecule has 2 aromatic rings. The number of nitrogens with zero attached hydrogens (tertiary/aromatic N) is 2. The van der Waals surface area contributed by atoms with E-state index in [0.717, 1.165) is 60.5 Å². The van der Waals surface area contributed by atoms with Gasteiger partial charge in [0, 0.05) is 36.8 Å². The molecule has 1 aromatic carbocycles. The second kappa shape index (κ2) is 12.4. The van der Waals surface area contributed by atoms with Crippen LogP contribution in [-0.2, 0) is 6.54 Å². The van der Waals surface area contributed by atoms with Gasteiger partial charge in [-0.25, -0.2) is 4.98 Å². The van der Waals surface area contributed by atoms with Crippen LogP contribution in [0.25, 0.3) is 0 Å². The summed E-state index contributed by atoms with van der Waals surface area (Å²) in [6.45, 7) is 6.45. The van der Waals surface area contributed by atoms with Crippen LogP contribution in [0, 0.1) is 11.3 Å². The number of hydrogen-bond acceptors (Lipinski definition) is 6. The van der Waals surface area contributed by atoms with E-state index in [1.165, 1.54) is 38.5 Å². The summed E-state index contributed by atoms with van der Waals surface area (Å²) in [7, 11) is 0. The molecule has 2 saturated heterocycles. The first-order chi connectivity index (χ1) is 16.2. The maximum atomic E-state index is 8.76. The van der Waals surface area contributed by atoms with E-state index in [4.69, 9.17) is 22.0 Å². The Balaban J connectivity index is 1.45. The number of hydrogen-bond donors (Lipinski definition) is 4. The lowest BCUT2D eigenvalue weighted by Gasteiger charge is -2.24. The number of rotatable bonds is 9. The van der Waals surface area contributed by atoms with Gasteiger partial charge in [0.1, 0.15) is 11.6 Å². The van der Waals surface area contributed by atoms with Crippen LogP contribution in [0.3, 0.4) is 0 Å². The third-order valence-electron chi connectivity index (χ3n) is 6.64. The van der Waals surface area contributed by atoms with Crippen molar-refractivity contribution in [2.24, 2.45) is 5.92 Å². The van der Waals surface area contributed by atoms with Crippen LogP contribution >= 0.6 is 11.6 Å². The zero-order chi connectivity index (χ0) is 22.9. The topological polar surface area (TPSA) is 76.1 Å². The van der Waals surface area contributed by atoms with Crippen molar-refractivity contribution >= 4 is 28.9 Å². The first-order valence-corrected chi connectivity index (χ1v) is 12.8. The number of benzene rings is 1. The molecule has 0 bridgehead atoms. The molecule has 0 spiro atoms. The van der Waals surface area contributed by atoms with Gasteiger partial charge in [0.25, 0.3) is 0 Å². The third-order valence-corrected chi connectivity index (χ3v) is 6.89. The van der Waals surface area contributed by atoms with Gasteiger partial charge in [-0.05, 0) is 81.1 Å². The van der Waals surface area contributed by atoms with Crippen LogP contribution in [-0.4, -0.2) is 50.0 Å². The molecule has 33 heavy (non-hydrogen) atoms. The Hall–Kier alpha value is -2.15. The summed E-state index contributed by atoms with van der Waals surface area (Å²) < 4.78 is 0. The van der Waals surface area contributed by atoms with Gasteiger partial charge >= 0.3 is 0 Å². The molecule has 1 unspecified atom stereocenters. The third kappa shape index (κ3) is 7.16. The van der Waals surface area contributed by atoms with E-state index in [-0.39, 0.29) is 0 Å². The quantitative estimate of drug-likeness (QED) is 0.402. The molecule has 0 saturated carbocycles. The minimum Gasteiger partial charge on any atom is -0.365 e. The summed E-state index contributed by atoms with van der Waals surface area (Å²) in [5.74, 6) is 2.45. The molecule has 6 nitrogen and oxygen atoms in total. The number of piperidine rings is 1. The van der Waals surface area contributed by atoms with Gasteiger partial charge in [0.15, 0.2) is 0 Å². The van der Waals surface area contributed by atoms with Crippen molar-refractivity contribution in [1.82, 2.24) is 15.6 Å². The molecule has 178 valence electrons. The molecular weight excluding hydrogens is 432 g/mol.